The summed E-state index contributed by atoms with van der Waals surface area (Å²) in [7, 11) is 1.60. The third-order valence-electron chi connectivity index (χ3n) is 4.92. The van der Waals surface area contributed by atoms with Crippen molar-refractivity contribution in [1.29, 1.82) is 0 Å². The number of benzene rings is 1. The Kier molecular flexibility index (Phi) is 6.57. The minimum absolute atomic E-state index is 0.0840. The van der Waals surface area contributed by atoms with Gasteiger partial charge in [-0.1, -0.05) is 12.1 Å². The number of tetrazole rings is 1. The quantitative estimate of drug-likeness (QED) is 0.723. The van der Waals surface area contributed by atoms with E-state index in [1.165, 1.54) is 4.68 Å². The highest BCUT2D eigenvalue weighted by atomic mass is 16.5. The third kappa shape index (κ3) is 4.85. The summed E-state index contributed by atoms with van der Waals surface area (Å²) < 4.78 is 6.77. The summed E-state index contributed by atoms with van der Waals surface area (Å²) in [6.07, 6.45) is 2.82. The van der Waals surface area contributed by atoms with Gasteiger partial charge in [0.15, 0.2) is 0 Å². The van der Waals surface area contributed by atoms with E-state index in [0.717, 1.165) is 37.2 Å². The number of nitrogens with zero attached hydrogens (tertiary/aromatic N) is 5. The van der Waals surface area contributed by atoms with Crippen LogP contribution in [0, 0.1) is 6.92 Å². The molecule has 150 valence electrons. The topological polar surface area (TPSA) is 102 Å². The number of hydrogen-bond acceptors (Lipinski definition) is 6. The Hall–Kier alpha value is -2.97. The summed E-state index contributed by atoms with van der Waals surface area (Å²) >= 11 is 0. The molecule has 0 saturated carbocycles. The van der Waals surface area contributed by atoms with Gasteiger partial charge >= 0.3 is 0 Å². The molecular weight excluding hydrogens is 360 g/mol. The number of carbonyl (C=O) groups is 2. The average Bonchev–Trinajstić information content (AvgIpc) is 3.38. The zero-order chi connectivity index (χ0) is 19.9. The van der Waals surface area contributed by atoms with Gasteiger partial charge in [0.05, 0.1) is 7.11 Å². The smallest absolute Gasteiger partial charge is 0.245 e. The molecule has 1 atom stereocenters. The molecule has 1 fully saturated rings. The number of aromatic nitrogens is 4. The fourth-order valence-electron chi connectivity index (χ4n) is 3.37. The maximum atomic E-state index is 12.9. The Labute approximate surface area is 164 Å². The van der Waals surface area contributed by atoms with Crippen molar-refractivity contribution >= 4 is 11.8 Å². The molecule has 1 N–H and O–H groups in total. The van der Waals surface area contributed by atoms with E-state index in [0.29, 0.717) is 25.2 Å². The number of hydrogen-bond donors (Lipinski definition) is 1. The van der Waals surface area contributed by atoms with Gasteiger partial charge in [0.1, 0.15) is 17.6 Å². The van der Waals surface area contributed by atoms with Crippen LogP contribution in [0.1, 0.15) is 36.7 Å². The molecule has 1 saturated heterocycles. The molecule has 9 nitrogen and oxygen atoms in total. The summed E-state index contributed by atoms with van der Waals surface area (Å²) in [4.78, 5) is 26.9. The first-order valence-corrected chi connectivity index (χ1v) is 9.51. The van der Waals surface area contributed by atoms with Crippen LogP contribution >= 0.6 is 0 Å². The van der Waals surface area contributed by atoms with E-state index in [1.807, 2.05) is 29.2 Å². The van der Waals surface area contributed by atoms with E-state index in [4.69, 9.17) is 4.74 Å². The van der Waals surface area contributed by atoms with E-state index >= 15 is 0 Å². The van der Waals surface area contributed by atoms with Gasteiger partial charge in [-0.2, -0.15) is 0 Å². The van der Waals surface area contributed by atoms with Gasteiger partial charge in [0.25, 0.3) is 0 Å². The monoisotopic (exact) mass is 386 g/mol. The van der Waals surface area contributed by atoms with Crippen LogP contribution in [0.15, 0.2) is 24.3 Å². The number of nitrogens with one attached hydrogen (secondary N) is 1. The molecule has 2 heterocycles. The van der Waals surface area contributed by atoms with Crippen LogP contribution in [0.5, 0.6) is 5.75 Å². The first-order chi connectivity index (χ1) is 13.6. The number of methoxy groups -OCH3 is 1. The number of ether oxygens (including phenoxy) is 1. The normalized spacial score (nSPS) is 14.7. The van der Waals surface area contributed by atoms with Gasteiger partial charge in [0, 0.05) is 32.5 Å². The molecule has 28 heavy (non-hydrogen) atoms. The van der Waals surface area contributed by atoms with E-state index in [9.17, 15) is 9.59 Å². The highest BCUT2D eigenvalue weighted by Gasteiger charge is 2.25. The molecule has 1 aromatic carbocycles. The Morgan fingerprint density at radius 3 is 2.75 bits per heavy atom. The lowest BCUT2D eigenvalue weighted by atomic mass is 10.0. The lowest BCUT2D eigenvalue weighted by Gasteiger charge is -2.19. The van der Waals surface area contributed by atoms with Crippen molar-refractivity contribution < 1.29 is 14.3 Å². The first-order valence-electron chi connectivity index (χ1n) is 9.51. The molecule has 2 amide bonds. The van der Waals surface area contributed by atoms with Crippen LogP contribution in [-0.2, 0) is 16.0 Å². The van der Waals surface area contributed by atoms with E-state index in [1.54, 1.807) is 14.0 Å². The lowest BCUT2D eigenvalue weighted by molar-refractivity contribution is -0.130. The summed E-state index contributed by atoms with van der Waals surface area (Å²) in [5.41, 5.74) is 0.933. The number of aryl methyl sites for hydroxylation is 1. The molecule has 1 aliphatic rings. The maximum absolute atomic E-state index is 12.9. The third-order valence-corrected chi connectivity index (χ3v) is 4.92. The number of carbonyl (C=O) groups excluding carboxylic acids is 2. The van der Waals surface area contributed by atoms with Gasteiger partial charge in [0.2, 0.25) is 11.8 Å². The second kappa shape index (κ2) is 9.29. The Morgan fingerprint density at radius 1 is 1.29 bits per heavy atom. The van der Waals surface area contributed by atoms with Crippen molar-refractivity contribution in [3.05, 3.63) is 35.7 Å². The van der Waals surface area contributed by atoms with Gasteiger partial charge in [-0.3, -0.25) is 9.59 Å². The Bertz CT molecular complexity index is 816. The minimum atomic E-state index is -0.607. The van der Waals surface area contributed by atoms with Crippen molar-refractivity contribution in [2.75, 3.05) is 26.7 Å². The summed E-state index contributed by atoms with van der Waals surface area (Å²) in [5, 5.41) is 14.4. The summed E-state index contributed by atoms with van der Waals surface area (Å²) in [6, 6.07) is 6.94. The van der Waals surface area contributed by atoms with Crippen molar-refractivity contribution in [3.8, 4) is 5.75 Å². The van der Waals surface area contributed by atoms with Crippen LogP contribution < -0.4 is 10.1 Å². The number of rotatable bonds is 8. The standard InChI is InChI=1S/C19H26N6O3/c1-14-21-22-23-25(14)17(13-15-6-5-7-16(12-15)28-2)19(27)20-9-8-18(26)24-10-3-4-11-24/h5-7,12,17H,3-4,8-11,13H2,1-2H3,(H,20,27). The Morgan fingerprint density at radius 2 is 2.07 bits per heavy atom. The molecule has 1 unspecified atom stereocenters. The molecular formula is C19H26N6O3. The van der Waals surface area contributed by atoms with E-state index in [-0.39, 0.29) is 11.8 Å². The molecule has 1 aromatic heterocycles. The van der Waals surface area contributed by atoms with Crippen LogP contribution in [-0.4, -0.2) is 63.7 Å². The van der Waals surface area contributed by atoms with Gasteiger partial charge in [-0.05, 0) is 47.9 Å². The molecule has 0 spiro atoms. The molecule has 2 aromatic rings. The van der Waals surface area contributed by atoms with E-state index in [2.05, 4.69) is 20.8 Å². The SMILES string of the molecule is COc1cccc(CC(C(=O)NCCC(=O)N2CCCC2)n2nnnc2C)c1. The Balaban J connectivity index is 1.65. The fraction of sp³-hybridized carbons (Fsp3) is 0.526. The average molecular weight is 386 g/mol. The molecule has 9 heteroatoms. The van der Waals surface area contributed by atoms with Crippen molar-refractivity contribution in [2.45, 2.75) is 38.6 Å². The molecule has 0 radical (unpaired) electrons. The highest BCUT2D eigenvalue weighted by molar-refractivity contribution is 5.82. The fourth-order valence-corrected chi connectivity index (χ4v) is 3.37. The summed E-state index contributed by atoms with van der Waals surface area (Å²) in [5.74, 6) is 1.14. The van der Waals surface area contributed by atoms with Crippen molar-refractivity contribution in [3.63, 3.8) is 0 Å². The zero-order valence-corrected chi connectivity index (χ0v) is 16.3. The highest BCUT2D eigenvalue weighted by Crippen LogP contribution is 2.19. The molecule has 3 rings (SSSR count). The van der Waals surface area contributed by atoms with Gasteiger partial charge in [-0.15, -0.1) is 5.10 Å². The molecule has 0 bridgehead atoms. The lowest BCUT2D eigenvalue weighted by Crippen LogP contribution is -2.37. The van der Waals surface area contributed by atoms with Crippen LogP contribution in [0.4, 0.5) is 0 Å². The maximum Gasteiger partial charge on any atom is 0.245 e. The predicted molar refractivity (Wildman–Crippen MR) is 102 cm³/mol. The number of likely N-dealkylation sites (tertiary alicyclic amines) is 1. The van der Waals surface area contributed by atoms with Crippen LogP contribution in [0.2, 0.25) is 0 Å². The van der Waals surface area contributed by atoms with Gasteiger partial charge < -0.3 is 15.0 Å². The molecule has 1 aliphatic heterocycles. The second-order valence-electron chi connectivity index (χ2n) is 6.87. The largest absolute Gasteiger partial charge is 0.497 e. The van der Waals surface area contributed by atoms with Crippen LogP contribution in [0.3, 0.4) is 0 Å². The van der Waals surface area contributed by atoms with Gasteiger partial charge in [-0.25, -0.2) is 4.68 Å². The van der Waals surface area contributed by atoms with Crippen molar-refractivity contribution in [1.82, 2.24) is 30.4 Å². The first kappa shape index (κ1) is 19.8. The van der Waals surface area contributed by atoms with Crippen LogP contribution in [0.25, 0.3) is 0 Å². The number of amides is 2. The minimum Gasteiger partial charge on any atom is -0.497 e. The predicted octanol–water partition coefficient (Wildman–Crippen LogP) is 0.903. The van der Waals surface area contributed by atoms with Crippen molar-refractivity contribution in [2.24, 2.45) is 0 Å². The van der Waals surface area contributed by atoms with E-state index < -0.39 is 6.04 Å². The summed E-state index contributed by atoms with van der Waals surface area (Å²) in [6.45, 7) is 3.68. The zero-order valence-electron chi connectivity index (χ0n) is 16.3. The molecule has 0 aliphatic carbocycles. The second-order valence-corrected chi connectivity index (χ2v) is 6.87.